The van der Waals surface area contributed by atoms with Gasteiger partial charge in [-0.1, -0.05) is 13.8 Å². The highest BCUT2D eigenvalue weighted by molar-refractivity contribution is 5.45. The van der Waals surface area contributed by atoms with Crippen LogP contribution in [0.2, 0.25) is 0 Å². The van der Waals surface area contributed by atoms with E-state index in [-0.39, 0.29) is 0 Å². The van der Waals surface area contributed by atoms with Gasteiger partial charge >= 0.3 is 0 Å². The van der Waals surface area contributed by atoms with Crippen LogP contribution in [0.5, 0.6) is 0 Å². The van der Waals surface area contributed by atoms with Gasteiger partial charge in [-0.05, 0) is 24.7 Å². The summed E-state index contributed by atoms with van der Waals surface area (Å²) in [6, 6.07) is 2.26. The fourth-order valence-corrected chi connectivity index (χ4v) is 2.54. The van der Waals surface area contributed by atoms with Crippen LogP contribution in [-0.2, 0) is 11.3 Å². The van der Waals surface area contributed by atoms with E-state index in [0.717, 1.165) is 11.7 Å². The summed E-state index contributed by atoms with van der Waals surface area (Å²) >= 11 is 0. The Labute approximate surface area is 108 Å². The first-order valence-electron chi connectivity index (χ1n) is 6.49. The van der Waals surface area contributed by atoms with Crippen LogP contribution in [0.25, 0.3) is 0 Å². The van der Waals surface area contributed by atoms with E-state index in [4.69, 9.17) is 10.5 Å². The van der Waals surface area contributed by atoms with Gasteiger partial charge < -0.3 is 15.8 Å². The zero-order valence-electron chi connectivity index (χ0n) is 11.3. The largest absolute Gasteiger partial charge is 0.384 e. The Balaban J connectivity index is 2.09. The number of anilines is 2. The molecule has 0 bridgehead atoms. The summed E-state index contributed by atoms with van der Waals surface area (Å²) in [5.74, 6) is 3.34. The molecule has 1 aliphatic rings. The van der Waals surface area contributed by atoms with Crippen molar-refractivity contribution < 1.29 is 4.74 Å². The molecule has 100 valence electrons. The highest BCUT2D eigenvalue weighted by Gasteiger charge is 2.29. The van der Waals surface area contributed by atoms with Crippen molar-refractivity contribution in [3.05, 3.63) is 11.9 Å². The van der Waals surface area contributed by atoms with E-state index in [2.05, 4.69) is 29.1 Å². The Morgan fingerprint density at radius 1 is 1.39 bits per heavy atom. The summed E-state index contributed by atoms with van der Waals surface area (Å²) in [7, 11) is 1.63. The molecule has 1 aromatic heterocycles. The number of hydrogen-bond donors (Lipinski definition) is 2. The molecule has 1 fully saturated rings. The third-order valence-electron chi connectivity index (χ3n) is 3.86. The van der Waals surface area contributed by atoms with Crippen molar-refractivity contribution in [1.82, 2.24) is 9.97 Å². The molecule has 1 aromatic rings. The van der Waals surface area contributed by atoms with Gasteiger partial charge in [-0.2, -0.15) is 0 Å². The van der Waals surface area contributed by atoms with Gasteiger partial charge in [-0.15, -0.1) is 0 Å². The molecule has 0 radical (unpaired) electrons. The summed E-state index contributed by atoms with van der Waals surface area (Å²) in [5, 5.41) is 3.47. The Bertz CT molecular complexity index is 410. The van der Waals surface area contributed by atoms with Crippen LogP contribution in [0, 0.1) is 11.8 Å². The molecule has 1 aliphatic carbocycles. The van der Waals surface area contributed by atoms with Crippen LogP contribution in [0.4, 0.5) is 11.6 Å². The number of nitrogen functional groups attached to an aromatic ring is 1. The number of nitrogens with one attached hydrogen (secondary N) is 1. The molecule has 5 heteroatoms. The van der Waals surface area contributed by atoms with E-state index in [1.54, 1.807) is 13.2 Å². The van der Waals surface area contributed by atoms with Crippen LogP contribution in [-0.4, -0.2) is 23.1 Å². The second-order valence-electron chi connectivity index (χ2n) is 5.19. The Morgan fingerprint density at radius 2 is 2.17 bits per heavy atom. The second kappa shape index (κ2) is 5.52. The Morgan fingerprint density at radius 3 is 2.78 bits per heavy atom. The van der Waals surface area contributed by atoms with Crippen molar-refractivity contribution in [2.24, 2.45) is 11.8 Å². The van der Waals surface area contributed by atoms with Crippen LogP contribution >= 0.6 is 0 Å². The number of nitrogens with zero attached hydrogens (tertiary/aromatic N) is 2. The van der Waals surface area contributed by atoms with Crippen LogP contribution in [0.15, 0.2) is 6.07 Å². The van der Waals surface area contributed by atoms with E-state index in [1.807, 2.05) is 0 Å². The van der Waals surface area contributed by atoms with Gasteiger partial charge in [-0.25, -0.2) is 9.97 Å². The normalized spacial score (nSPS) is 27.4. The summed E-state index contributed by atoms with van der Waals surface area (Å²) in [4.78, 5) is 8.55. The molecule has 18 heavy (non-hydrogen) atoms. The van der Waals surface area contributed by atoms with Crippen molar-refractivity contribution in [3.8, 4) is 0 Å². The summed E-state index contributed by atoms with van der Waals surface area (Å²) in [5.41, 5.74) is 5.78. The molecule has 1 saturated carbocycles. The maximum atomic E-state index is 5.78. The van der Waals surface area contributed by atoms with Gasteiger partial charge in [0.05, 0.1) is 0 Å². The standard InChI is InChI=1S/C13H22N4O/c1-8-4-5-10(9(8)2)15-12-6-11(14)16-13(17-12)7-18-3/h6,8-10H,4-5,7H2,1-3H3,(H3,14,15,16,17). The molecule has 0 amide bonds. The summed E-state index contributed by atoms with van der Waals surface area (Å²) < 4.78 is 5.04. The van der Waals surface area contributed by atoms with Crippen LogP contribution < -0.4 is 11.1 Å². The first-order valence-corrected chi connectivity index (χ1v) is 6.49. The number of methoxy groups -OCH3 is 1. The molecule has 0 spiro atoms. The van der Waals surface area contributed by atoms with Crippen molar-refractivity contribution >= 4 is 11.6 Å². The molecule has 1 heterocycles. The van der Waals surface area contributed by atoms with E-state index >= 15 is 0 Å². The van der Waals surface area contributed by atoms with Gasteiger partial charge in [0.2, 0.25) is 0 Å². The minimum Gasteiger partial charge on any atom is -0.384 e. The number of ether oxygens (including phenoxy) is 1. The molecule has 3 atom stereocenters. The average molecular weight is 250 g/mol. The molecule has 0 aromatic carbocycles. The van der Waals surface area contributed by atoms with Gasteiger partial charge in [0.25, 0.3) is 0 Å². The lowest BCUT2D eigenvalue weighted by atomic mass is 9.98. The minimum atomic E-state index is 0.385. The highest BCUT2D eigenvalue weighted by atomic mass is 16.5. The molecular formula is C13H22N4O. The number of aromatic nitrogens is 2. The summed E-state index contributed by atoms with van der Waals surface area (Å²) in [6.07, 6.45) is 2.45. The number of nitrogens with two attached hydrogens (primary N) is 1. The molecule has 0 aliphatic heterocycles. The molecule has 3 unspecified atom stereocenters. The third kappa shape index (κ3) is 2.90. The summed E-state index contributed by atoms with van der Waals surface area (Å²) in [6.45, 7) is 4.98. The lowest BCUT2D eigenvalue weighted by molar-refractivity contribution is 0.178. The smallest absolute Gasteiger partial charge is 0.158 e. The average Bonchev–Trinajstić information content (AvgIpc) is 2.61. The predicted octanol–water partition coefficient (Wildman–Crippen LogP) is 2.05. The predicted molar refractivity (Wildman–Crippen MR) is 72.1 cm³/mol. The zero-order chi connectivity index (χ0) is 13.1. The molecule has 2 rings (SSSR count). The van der Waals surface area contributed by atoms with E-state index in [9.17, 15) is 0 Å². The van der Waals surface area contributed by atoms with Crippen molar-refractivity contribution in [2.45, 2.75) is 39.3 Å². The highest BCUT2D eigenvalue weighted by Crippen LogP contribution is 2.33. The Hall–Kier alpha value is -1.36. The maximum absolute atomic E-state index is 5.78. The lowest BCUT2D eigenvalue weighted by Crippen LogP contribution is -2.25. The fourth-order valence-electron chi connectivity index (χ4n) is 2.54. The molecule has 3 N–H and O–H groups in total. The van der Waals surface area contributed by atoms with Gasteiger partial charge in [-0.3, -0.25) is 0 Å². The SMILES string of the molecule is COCc1nc(N)cc(NC2CCC(C)C2C)n1. The zero-order valence-corrected chi connectivity index (χ0v) is 11.3. The lowest BCUT2D eigenvalue weighted by Gasteiger charge is -2.20. The monoisotopic (exact) mass is 250 g/mol. The second-order valence-corrected chi connectivity index (χ2v) is 5.19. The van der Waals surface area contributed by atoms with Gasteiger partial charge in [0.1, 0.15) is 18.2 Å². The van der Waals surface area contributed by atoms with Crippen molar-refractivity contribution in [1.29, 1.82) is 0 Å². The Kier molecular flexibility index (Phi) is 4.01. The third-order valence-corrected chi connectivity index (χ3v) is 3.86. The van der Waals surface area contributed by atoms with Gasteiger partial charge in [0.15, 0.2) is 5.82 Å². The molecule has 0 saturated heterocycles. The van der Waals surface area contributed by atoms with E-state index < -0.39 is 0 Å². The minimum absolute atomic E-state index is 0.385. The van der Waals surface area contributed by atoms with E-state index in [1.165, 1.54) is 12.8 Å². The van der Waals surface area contributed by atoms with Gasteiger partial charge in [0, 0.05) is 19.2 Å². The molecule has 5 nitrogen and oxygen atoms in total. The van der Waals surface area contributed by atoms with Crippen LogP contribution in [0.3, 0.4) is 0 Å². The van der Waals surface area contributed by atoms with Crippen molar-refractivity contribution in [3.63, 3.8) is 0 Å². The first-order chi connectivity index (χ1) is 8.60. The molecular weight excluding hydrogens is 228 g/mol. The number of hydrogen-bond acceptors (Lipinski definition) is 5. The topological polar surface area (TPSA) is 73.1 Å². The van der Waals surface area contributed by atoms with Crippen molar-refractivity contribution in [2.75, 3.05) is 18.2 Å². The van der Waals surface area contributed by atoms with Crippen LogP contribution in [0.1, 0.15) is 32.5 Å². The first kappa shape index (κ1) is 13.1. The fraction of sp³-hybridized carbons (Fsp3) is 0.692. The number of rotatable bonds is 4. The quantitative estimate of drug-likeness (QED) is 0.855. The van der Waals surface area contributed by atoms with E-state index in [0.29, 0.717) is 30.2 Å². The maximum Gasteiger partial charge on any atom is 0.158 e.